The van der Waals surface area contributed by atoms with Gasteiger partial charge >= 0.3 is 5.97 Å². The van der Waals surface area contributed by atoms with Gasteiger partial charge in [0.2, 0.25) is 0 Å². The van der Waals surface area contributed by atoms with Crippen molar-refractivity contribution in [1.29, 1.82) is 0 Å². The predicted octanol–water partition coefficient (Wildman–Crippen LogP) is 4.55. The molecule has 1 fully saturated rings. The molecule has 1 amide bonds. The largest absolute Gasteiger partial charge is 0.469 e. The van der Waals surface area contributed by atoms with Crippen LogP contribution in [0.3, 0.4) is 0 Å². The predicted molar refractivity (Wildman–Crippen MR) is 126 cm³/mol. The molecule has 0 spiro atoms. The molecule has 1 aromatic carbocycles. The van der Waals surface area contributed by atoms with Gasteiger partial charge in [-0.05, 0) is 62.9 Å². The Balaban J connectivity index is 1.46. The molecule has 1 aliphatic carbocycles. The Hall–Kier alpha value is -3.42. The van der Waals surface area contributed by atoms with Gasteiger partial charge in [-0.2, -0.15) is 10.2 Å². The lowest BCUT2D eigenvalue weighted by atomic mass is 9.96. The van der Waals surface area contributed by atoms with Crippen LogP contribution in [0.15, 0.2) is 36.5 Å². The van der Waals surface area contributed by atoms with Crippen LogP contribution >= 0.6 is 0 Å². The molecule has 8 nitrogen and oxygen atoms in total. The summed E-state index contributed by atoms with van der Waals surface area (Å²) in [6.07, 6.45) is 8.53. The highest BCUT2D eigenvalue weighted by Gasteiger charge is 2.20. The molecule has 2 aromatic heterocycles. The Bertz CT molecular complexity index is 1120. The second-order valence-corrected chi connectivity index (χ2v) is 8.59. The lowest BCUT2D eigenvalue weighted by Crippen LogP contribution is -2.20. The molecule has 1 N–H and O–H groups in total. The Morgan fingerprint density at radius 1 is 1.09 bits per heavy atom. The van der Waals surface area contributed by atoms with Gasteiger partial charge in [0.25, 0.3) is 5.91 Å². The Kier molecular flexibility index (Phi) is 6.91. The van der Waals surface area contributed by atoms with Gasteiger partial charge in [-0.25, -0.2) is 9.36 Å². The number of carbonyl (C=O) groups excluding carboxylic acids is 2. The van der Waals surface area contributed by atoms with Gasteiger partial charge in [0.05, 0.1) is 30.7 Å². The maximum absolute atomic E-state index is 12.9. The molecule has 3 aromatic rings. The molecule has 0 bridgehead atoms. The molecule has 1 aliphatic rings. The molecule has 0 atom stereocenters. The van der Waals surface area contributed by atoms with Crippen molar-refractivity contribution < 1.29 is 14.3 Å². The molecular formula is C25H31N5O3. The molecule has 33 heavy (non-hydrogen) atoms. The van der Waals surface area contributed by atoms with E-state index in [4.69, 9.17) is 4.74 Å². The zero-order valence-corrected chi connectivity index (χ0v) is 19.5. The maximum Gasteiger partial charge on any atom is 0.305 e. The SMILES string of the molecule is COC(=O)CCc1c(C)nn(-c2ccc(C(=O)Nc3ccnn3C3CCCCC3)cc2)c1C. The van der Waals surface area contributed by atoms with Crippen molar-refractivity contribution in [3.63, 3.8) is 0 Å². The lowest BCUT2D eigenvalue weighted by molar-refractivity contribution is -0.140. The number of nitrogens with zero attached hydrogens (tertiary/aromatic N) is 4. The second kappa shape index (κ2) is 10.0. The Morgan fingerprint density at radius 2 is 1.82 bits per heavy atom. The molecule has 0 aliphatic heterocycles. The third kappa shape index (κ3) is 4.99. The summed E-state index contributed by atoms with van der Waals surface area (Å²) in [6, 6.07) is 9.58. The van der Waals surface area contributed by atoms with Gasteiger partial charge in [0.1, 0.15) is 5.82 Å². The van der Waals surface area contributed by atoms with Gasteiger partial charge in [0.15, 0.2) is 0 Å². The lowest BCUT2D eigenvalue weighted by Gasteiger charge is -2.23. The van der Waals surface area contributed by atoms with Gasteiger partial charge in [0, 0.05) is 23.7 Å². The minimum absolute atomic E-state index is 0.161. The highest BCUT2D eigenvalue weighted by Crippen LogP contribution is 2.30. The number of aromatic nitrogens is 4. The number of amides is 1. The van der Waals surface area contributed by atoms with Crippen molar-refractivity contribution in [1.82, 2.24) is 19.6 Å². The summed E-state index contributed by atoms with van der Waals surface area (Å²) < 4.78 is 8.55. The van der Waals surface area contributed by atoms with Gasteiger partial charge in [-0.3, -0.25) is 9.59 Å². The Morgan fingerprint density at radius 3 is 2.52 bits per heavy atom. The number of esters is 1. The maximum atomic E-state index is 12.9. The van der Waals surface area contributed by atoms with Crippen molar-refractivity contribution in [3.05, 3.63) is 59.0 Å². The standard InChI is InChI=1S/C25H31N5O3/c1-17-22(13-14-24(31)33-3)18(2)29(28-17)21-11-9-19(10-12-21)25(32)27-23-15-16-26-30(23)20-7-5-4-6-8-20/h9-12,15-16,20H,4-8,13-14H2,1-3H3,(H,27,32). The molecule has 2 heterocycles. The van der Waals surface area contributed by atoms with E-state index in [1.165, 1.54) is 26.4 Å². The highest BCUT2D eigenvalue weighted by atomic mass is 16.5. The number of benzene rings is 1. The van der Waals surface area contributed by atoms with Crippen molar-refractivity contribution in [2.75, 3.05) is 12.4 Å². The van der Waals surface area contributed by atoms with Crippen LogP contribution in [0.2, 0.25) is 0 Å². The van der Waals surface area contributed by atoms with E-state index >= 15 is 0 Å². The minimum Gasteiger partial charge on any atom is -0.469 e. The summed E-state index contributed by atoms with van der Waals surface area (Å²) >= 11 is 0. The fraction of sp³-hybridized carbons (Fsp3) is 0.440. The number of ether oxygens (including phenoxy) is 1. The van der Waals surface area contributed by atoms with E-state index in [0.29, 0.717) is 24.4 Å². The molecule has 0 unspecified atom stereocenters. The average molecular weight is 450 g/mol. The van der Waals surface area contributed by atoms with Crippen LogP contribution < -0.4 is 5.32 Å². The quantitative estimate of drug-likeness (QED) is 0.535. The first-order valence-corrected chi connectivity index (χ1v) is 11.5. The zero-order valence-electron chi connectivity index (χ0n) is 19.5. The zero-order chi connectivity index (χ0) is 23.4. The number of rotatable bonds is 7. The number of anilines is 1. The number of nitrogens with one attached hydrogen (secondary N) is 1. The van der Waals surface area contributed by atoms with E-state index in [9.17, 15) is 9.59 Å². The molecule has 8 heteroatoms. The fourth-order valence-corrected chi connectivity index (χ4v) is 4.59. The molecular weight excluding hydrogens is 418 g/mol. The minimum atomic E-state index is -0.234. The first kappa shape index (κ1) is 22.8. The molecule has 0 saturated heterocycles. The summed E-state index contributed by atoms with van der Waals surface area (Å²) in [4.78, 5) is 24.4. The second-order valence-electron chi connectivity index (χ2n) is 8.59. The van der Waals surface area contributed by atoms with Crippen molar-refractivity contribution >= 4 is 17.7 Å². The van der Waals surface area contributed by atoms with E-state index in [1.54, 1.807) is 18.3 Å². The number of hydrogen-bond donors (Lipinski definition) is 1. The molecule has 1 saturated carbocycles. The van der Waals surface area contributed by atoms with E-state index in [2.05, 4.69) is 15.5 Å². The average Bonchev–Trinajstić information content (AvgIpc) is 3.41. The van der Waals surface area contributed by atoms with Crippen LogP contribution in [-0.2, 0) is 16.0 Å². The summed E-state index contributed by atoms with van der Waals surface area (Å²) in [6.45, 7) is 3.92. The van der Waals surface area contributed by atoms with E-state index < -0.39 is 0 Å². The van der Waals surface area contributed by atoms with Crippen LogP contribution in [-0.4, -0.2) is 38.5 Å². The van der Waals surface area contributed by atoms with Crippen LogP contribution in [0, 0.1) is 13.8 Å². The number of aryl methyl sites for hydroxylation is 1. The first-order valence-electron chi connectivity index (χ1n) is 11.5. The topological polar surface area (TPSA) is 91.0 Å². The third-order valence-electron chi connectivity index (χ3n) is 6.45. The van der Waals surface area contributed by atoms with Crippen molar-refractivity contribution in [2.24, 2.45) is 0 Å². The number of carbonyl (C=O) groups is 2. The first-order chi connectivity index (χ1) is 16.0. The third-order valence-corrected chi connectivity index (χ3v) is 6.45. The van der Waals surface area contributed by atoms with E-state index in [0.717, 1.165) is 41.3 Å². The fourth-order valence-electron chi connectivity index (χ4n) is 4.59. The summed E-state index contributed by atoms with van der Waals surface area (Å²) in [5, 5.41) is 12.1. The molecule has 0 radical (unpaired) electrons. The van der Waals surface area contributed by atoms with Gasteiger partial charge in [-0.1, -0.05) is 19.3 Å². The molecule has 4 rings (SSSR count). The molecule has 174 valence electrons. The van der Waals surface area contributed by atoms with Gasteiger partial charge < -0.3 is 10.1 Å². The van der Waals surface area contributed by atoms with Crippen LogP contribution in [0.4, 0.5) is 5.82 Å². The highest BCUT2D eigenvalue weighted by molar-refractivity contribution is 6.03. The van der Waals surface area contributed by atoms with Crippen molar-refractivity contribution in [3.8, 4) is 5.69 Å². The number of methoxy groups -OCH3 is 1. The summed E-state index contributed by atoms with van der Waals surface area (Å²) in [5.41, 5.74) is 4.34. The van der Waals surface area contributed by atoms with Gasteiger partial charge in [-0.15, -0.1) is 0 Å². The smallest absolute Gasteiger partial charge is 0.305 e. The van der Waals surface area contributed by atoms with E-state index in [-0.39, 0.29) is 11.9 Å². The number of hydrogen-bond acceptors (Lipinski definition) is 5. The summed E-state index contributed by atoms with van der Waals surface area (Å²) in [5.74, 6) is 0.345. The van der Waals surface area contributed by atoms with E-state index in [1.807, 2.05) is 41.4 Å². The summed E-state index contributed by atoms with van der Waals surface area (Å²) in [7, 11) is 1.40. The van der Waals surface area contributed by atoms with Crippen molar-refractivity contribution in [2.45, 2.75) is 64.8 Å². The van der Waals surface area contributed by atoms with Crippen LogP contribution in [0.1, 0.15) is 71.9 Å². The Labute approximate surface area is 193 Å². The monoisotopic (exact) mass is 449 g/mol. The van der Waals surface area contributed by atoms with Crippen LogP contribution in [0.25, 0.3) is 5.69 Å². The van der Waals surface area contributed by atoms with Crippen LogP contribution in [0.5, 0.6) is 0 Å². The normalized spacial score (nSPS) is 14.3.